The van der Waals surface area contributed by atoms with E-state index in [0.29, 0.717) is 16.5 Å². The Labute approximate surface area is 115 Å². The summed E-state index contributed by atoms with van der Waals surface area (Å²) in [5.41, 5.74) is 7.31. The summed E-state index contributed by atoms with van der Waals surface area (Å²) in [6.07, 6.45) is 1.37. The molecule has 0 fully saturated rings. The Morgan fingerprint density at radius 3 is 2.70 bits per heavy atom. The van der Waals surface area contributed by atoms with Gasteiger partial charge in [-0.05, 0) is 25.1 Å². The number of ether oxygens (including phenoxy) is 2. The number of hydrogen-bond donors (Lipinski definition) is 1. The van der Waals surface area contributed by atoms with Crippen LogP contribution in [-0.4, -0.2) is 30.6 Å². The van der Waals surface area contributed by atoms with Crippen molar-refractivity contribution >= 4 is 28.5 Å². The van der Waals surface area contributed by atoms with Crippen LogP contribution in [-0.2, 0) is 9.47 Å². The van der Waals surface area contributed by atoms with Crippen molar-refractivity contribution in [1.29, 1.82) is 0 Å². The van der Waals surface area contributed by atoms with Crippen molar-refractivity contribution in [3.8, 4) is 0 Å². The number of fused-ring (bicyclic) bond motifs is 1. The molecule has 0 atom stereocenters. The van der Waals surface area contributed by atoms with Gasteiger partial charge >= 0.3 is 11.9 Å². The van der Waals surface area contributed by atoms with E-state index in [4.69, 9.17) is 10.5 Å². The number of carbonyl (C=O) groups is 2. The highest BCUT2D eigenvalue weighted by Crippen LogP contribution is 2.25. The van der Waals surface area contributed by atoms with E-state index in [1.165, 1.54) is 13.3 Å². The summed E-state index contributed by atoms with van der Waals surface area (Å²) in [5, 5.41) is 0.512. The number of pyridine rings is 1. The number of anilines is 1. The molecular formula is C14H14N2O4. The molecule has 0 aliphatic rings. The lowest BCUT2D eigenvalue weighted by atomic mass is 10.1. The fourth-order valence-corrected chi connectivity index (χ4v) is 1.83. The smallest absolute Gasteiger partial charge is 0.341 e. The van der Waals surface area contributed by atoms with Crippen LogP contribution >= 0.6 is 0 Å². The Balaban J connectivity index is 2.58. The average molecular weight is 274 g/mol. The number of aromatic nitrogens is 1. The molecule has 1 aromatic heterocycles. The summed E-state index contributed by atoms with van der Waals surface area (Å²) in [4.78, 5) is 27.4. The first-order chi connectivity index (χ1) is 9.58. The number of carbonyl (C=O) groups excluding carboxylic acids is 2. The van der Waals surface area contributed by atoms with E-state index in [-0.39, 0.29) is 17.9 Å². The van der Waals surface area contributed by atoms with Gasteiger partial charge in [-0.3, -0.25) is 4.98 Å². The molecule has 0 bridgehead atoms. The minimum atomic E-state index is -0.539. The SMILES string of the molecule is CCOC(=O)c1cnc2ccc(C(=O)OC)cc2c1N. The second kappa shape index (κ2) is 5.56. The van der Waals surface area contributed by atoms with E-state index in [1.807, 2.05) is 0 Å². The predicted octanol–water partition coefficient (Wildman–Crippen LogP) is 1.78. The molecule has 2 N–H and O–H groups in total. The summed E-state index contributed by atoms with van der Waals surface area (Å²) in [6, 6.07) is 4.78. The lowest BCUT2D eigenvalue weighted by Gasteiger charge is -2.08. The van der Waals surface area contributed by atoms with E-state index in [0.717, 1.165) is 0 Å². The van der Waals surface area contributed by atoms with Gasteiger partial charge in [-0.2, -0.15) is 0 Å². The van der Waals surface area contributed by atoms with Crippen LogP contribution in [0.3, 0.4) is 0 Å². The summed E-state index contributed by atoms with van der Waals surface area (Å²) < 4.78 is 9.56. The van der Waals surface area contributed by atoms with Crippen LogP contribution in [0, 0.1) is 0 Å². The molecule has 0 amide bonds. The molecule has 0 aliphatic heterocycles. The zero-order chi connectivity index (χ0) is 14.7. The molecule has 1 heterocycles. The Hall–Kier alpha value is -2.63. The highest BCUT2D eigenvalue weighted by molar-refractivity contribution is 6.05. The van der Waals surface area contributed by atoms with Crippen molar-refractivity contribution < 1.29 is 19.1 Å². The number of hydrogen-bond acceptors (Lipinski definition) is 6. The van der Waals surface area contributed by atoms with Gasteiger partial charge in [0.05, 0.1) is 30.5 Å². The molecule has 6 heteroatoms. The fourth-order valence-electron chi connectivity index (χ4n) is 1.83. The van der Waals surface area contributed by atoms with Crippen LogP contribution in [0.5, 0.6) is 0 Å². The topological polar surface area (TPSA) is 91.5 Å². The molecule has 104 valence electrons. The van der Waals surface area contributed by atoms with Gasteiger partial charge in [-0.25, -0.2) is 9.59 Å². The van der Waals surface area contributed by atoms with E-state index in [1.54, 1.807) is 25.1 Å². The van der Waals surface area contributed by atoms with Crippen LogP contribution in [0.4, 0.5) is 5.69 Å². The van der Waals surface area contributed by atoms with Gasteiger partial charge in [0.25, 0.3) is 0 Å². The maximum Gasteiger partial charge on any atom is 0.341 e. The number of rotatable bonds is 3. The van der Waals surface area contributed by atoms with Crippen molar-refractivity contribution in [2.45, 2.75) is 6.92 Å². The minimum Gasteiger partial charge on any atom is -0.465 e. The number of methoxy groups -OCH3 is 1. The van der Waals surface area contributed by atoms with Crippen LogP contribution in [0.1, 0.15) is 27.6 Å². The summed E-state index contributed by atoms with van der Waals surface area (Å²) >= 11 is 0. The van der Waals surface area contributed by atoms with Gasteiger partial charge < -0.3 is 15.2 Å². The lowest BCUT2D eigenvalue weighted by Crippen LogP contribution is -2.09. The quantitative estimate of drug-likeness (QED) is 0.858. The monoisotopic (exact) mass is 274 g/mol. The van der Waals surface area contributed by atoms with Crippen LogP contribution < -0.4 is 5.73 Å². The van der Waals surface area contributed by atoms with Crippen molar-refractivity contribution in [2.75, 3.05) is 19.5 Å². The van der Waals surface area contributed by atoms with Crippen molar-refractivity contribution in [3.05, 3.63) is 35.5 Å². The first kappa shape index (κ1) is 13.8. The Morgan fingerprint density at radius 2 is 2.05 bits per heavy atom. The Bertz CT molecular complexity index is 682. The summed E-state index contributed by atoms with van der Waals surface area (Å²) in [7, 11) is 1.29. The first-order valence-corrected chi connectivity index (χ1v) is 6.02. The molecule has 0 spiro atoms. The number of nitrogen functional groups attached to an aromatic ring is 1. The molecular weight excluding hydrogens is 260 g/mol. The standard InChI is InChI=1S/C14H14N2O4/c1-3-20-14(18)10-7-16-11-5-4-8(13(17)19-2)6-9(11)12(10)15/h4-7H,3H2,1-2H3,(H2,15,16). The maximum absolute atomic E-state index is 11.8. The molecule has 0 unspecified atom stereocenters. The largest absolute Gasteiger partial charge is 0.465 e. The maximum atomic E-state index is 11.8. The third-order valence-corrected chi connectivity index (χ3v) is 2.83. The number of benzene rings is 1. The second-order valence-corrected chi connectivity index (χ2v) is 4.03. The molecule has 2 aromatic rings. The summed E-state index contributed by atoms with van der Waals surface area (Å²) in [6.45, 7) is 1.95. The molecule has 2 rings (SSSR count). The van der Waals surface area contributed by atoms with Crippen LogP contribution in [0.2, 0.25) is 0 Å². The van der Waals surface area contributed by atoms with E-state index >= 15 is 0 Å². The Kier molecular flexibility index (Phi) is 3.84. The second-order valence-electron chi connectivity index (χ2n) is 4.03. The number of nitrogens with two attached hydrogens (primary N) is 1. The molecule has 1 aromatic carbocycles. The number of esters is 2. The van der Waals surface area contributed by atoms with Crippen molar-refractivity contribution in [2.24, 2.45) is 0 Å². The molecule has 0 saturated carbocycles. The van der Waals surface area contributed by atoms with Gasteiger partial charge in [0, 0.05) is 11.6 Å². The summed E-state index contributed by atoms with van der Waals surface area (Å²) in [5.74, 6) is -1.02. The fraction of sp³-hybridized carbons (Fsp3) is 0.214. The zero-order valence-electron chi connectivity index (χ0n) is 11.2. The van der Waals surface area contributed by atoms with Gasteiger partial charge in [-0.15, -0.1) is 0 Å². The van der Waals surface area contributed by atoms with Crippen molar-refractivity contribution in [1.82, 2.24) is 4.98 Å². The van der Waals surface area contributed by atoms with Gasteiger partial charge in [0.15, 0.2) is 0 Å². The third kappa shape index (κ3) is 2.40. The number of nitrogens with zero attached hydrogens (tertiary/aromatic N) is 1. The molecule has 6 nitrogen and oxygen atoms in total. The van der Waals surface area contributed by atoms with E-state index in [9.17, 15) is 9.59 Å². The van der Waals surface area contributed by atoms with Gasteiger partial charge in [0.1, 0.15) is 5.56 Å². The third-order valence-electron chi connectivity index (χ3n) is 2.83. The highest BCUT2D eigenvalue weighted by Gasteiger charge is 2.15. The lowest BCUT2D eigenvalue weighted by molar-refractivity contribution is 0.0526. The molecule has 0 aliphatic carbocycles. The highest BCUT2D eigenvalue weighted by atomic mass is 16.5. The van der Waals surface area contributed by atoms with Crippen LogP contribution in [0.15, 0.2) is 24.4 Å². The minimum absolute atomic E-state index is 0.182. The first-order valence-electron chi connectivity index (χ1n) is 6.02. The van der Waals surface area contributed by atoms with E-state index in [2.05, 4.69) is 9.72 Å². The van der Waals surface area contributed by atoms with Gasteiger partial charge in [0.2, 0.25) is 0 Å². The van der Waals surface area contributed by atoms with Crippen molar-refractivity contribution in [3.63, 3.8) is 0 Å². The Morgan fingerprint density at radius 1 is 1.30 bits per heavy atom. The molecule has 0 radical (unpaired) electrons. The van der Waals surface area contributed by atoms with E-state index < -0.39 is 11.9 Å². The molecule has 0 saturated heterocycles. The molecule has 20 heavy (non-hydrogen) atoms. The normalized spacial score (nSPS) is 10.3. The average Bonchev–Trinajstić information content (AvgIpc) is 2.46. The predicted molar refractivity (Wildman–Crippen MR) is 73.5 cm³/mol. The van der Waals surface area contributed by atoms with Gasteiger partial charge in [-0.1, -0.05) is 0 Å². The zero-order valence-corrected chi connectivity index (χ0v) is 11.2. The van der Waals surface area contributed by atoms with Crippen LogP contribution in [0.25, 0.3) is 10.9 Å².